The van der Waals surface area contributed by atoms with E-state index in [1.807, 2.05) is 12.1 Å². The number of halogens is 2. The minimum atomic E-state index is -0.0784. The predicted octanol–water partition coefficient (Wildman–Crippen LogP) is 2.61. The van der Waals surface area contributed by atoms with Crippen molar-refractivity contribution in [2.45, 2.75) is 25.7 Å². The molecule has 0 spiro atoms. The van der Waals surface area contributed by atoms with E-state index in [-0.39, 0.29) is 23.7 Å². The summed E-state index contributed by atoms with van der Waals surface area (Å²) >= 11 is 3.41. The summed E-state index contributed by atoms with van der Waals surface area (Å²) in [5, 5.41) is 2.91. The van der Waals surface area contributed by atoms with Crippen LogP contribution in [0.4, 0.5) is 0 Å². The number of hydrogen-bond acceptors (Lipinski definition) is 2. The molecule has 5 heteroatoms. The maximum Gasteiger partial charge on any atom is 0.221 e. The van der Waals surface area contributed by atoms with Gasteiger partial charge in [-0.1, -0.05) is 41.9 Å². The lowest BCUT2D eigenvalue weighted by molar-refractivity contribution is -0.121. The predicted molar refractivity (Wildman–Crippen MR) is 81.1 cm³/mol. The summed E-state index contributed by atoms with van der Waals surface area (Å²) in [6, 6.07) is 8.16. The van der Waals surface area contributed by atoms with Crippen molar-refractivity contribution in [1.82, 2.24) is 5.32 Å². The van der Waals surface area contributed by atoms with Crippen LogP contribution in [-0.2, 0) is 10.2 Å². The number of amides is 1. The van der Waals surface area contributed by atoms with Gasteiger partial charge in [-0.3, -0.25) is 4.79 Å². The first-order valence-corrected chi connectivity index (χ1v) is 6.48. The molecule has 0 aliphatic carbocycles. The molecule has 0 heterocycles. The zero-order valence-electron chi connectivity index (χ0n) is 10.7. The van der Waals surface area contributed by atoms with Gasteiger partial charge < -0.3 is 11.1 Å². The van der Waals surface area contributed by atoms with E-state index in [9.17, 15) is 4.79 Å². The van der Waals surface area contributed by atoms with Crippen molar-refractivity contribution < 1.29 is 4.79 Å². The van der Waals surface area contributed by atoms with E-state index >= 15 is 0 Å². The Kier molecular flexibility index (Phi) is 7.52. The van der Waals surface area contributed by atoms with Crippen LogP contribution in [0.2, 0.25) is 0 Å². The fraction of sp³-hybridized carbons (Fsp3) is 0.462. The molecule has 0 unspecified atom stereocenters. The normalized spacial score (nSPS) is 10.7. The van der Waals surface area contributed by atoms with Crippen molar-refractivity contribution in [2.75, 3.05) is 13.1 Å². The molecule has 18 heavy (non-hydrogen) atoms. The van der Waals surface area contributed by atoms with Gasteiger partial charge in [0.15, 0.2) is 0 Å². The molecule has 0 fully saturated rings. The van der Waals surface area contributed by atoms with E-state index in [2.05, 4.69) is 47.2 Å². The van der Waals surface area contributed by atoms with Gasteiger partial charge in [0.25, 0.3) is 0 Å². The highest BCUT2D eigenvalue weighted by Gasteiger charge is 2.20. The van der Waals surface area contributed by atoms with Gasteiger partial charge in [0, 0.05) is 29.4 Å². The highest BCUT2D eigenvalue weighted by Crippen LogP contribution is 2.23. The Hall–Kier alpha value is -0.580. The standard InChI is InChI=1S/C13H19BrN2O.ClH/c1-13(2,9-16-12(17)7-8-15)10-3-5-11(14)6-4-10;/h3-6H,7-9,15H2,1-2H3,(H,16,17);1H. The van der Waals surface area contributed by atoms with E-state index in [4.69, 9.17) is 5.73 Å². The highest BCUT2D eigenvalue weighted by molar-refractivity contribution is 9.10. The first kappa shape index (κ1) is 17.4. The Morgan fingerprint density at radius 2 is 1.89 bits per heavy atom. The lowest BCUT2D eigenvalue weighted by atomic mass is 9.84. The first-order valence-electron chi connectivity index (χ1n) is 5.68. The largest absolute Gasteiger partial charge is 0.355 e. The fourth-order valence-electron chi connectivity index (χ4n) is 1.54. The summed E-state index contributed by atoms with van der Waals surface area (Å²) in [7, 11) is 0. The number of hydrogen-bond donors (Lipinski definition) is 2. The summed E-state index contributed by atoms with van der Waals surface area (Å²) in [5.74, 6) is 0.0117. The molecule has 3 nitrogen and oxygen atoms in total. The molecule has 1 aromatic carbocycles. The van der Waals surface area contributed by atoms with Crippen LogP contribution >= 0.6 is 28.3 Å². The Labute approximate surface area is 123 Å². The Morgan fingerprint density at radius 1 is 1.33 bits per heavy atom. The second kappa shape index (κ2) is 7.77. The van der Waals surface area contributed by atoms with E-state index in [1.54, 1.807) is 0 Å². The van der Waals surface area contributed by atoms with E-state index in [0.717, 1.165) is 4.47 Å². The summed E-state index contributed by atoms with van der Waals surface area (Å²) in [6.07, 6.45) is 0.385. The molecule has 0 atom stereocenters. The van der Waals surface area contributed by atoms with Crippen molar-refractivity contribution >= 4 is 34.2 Å². The molecule has 0 saturated heterocycles. The number of nitrogens with two attached hydrogens (primary N) is 1. The van der Waals surface area contributed by atoms with E-state index < -0.39 is 0 Å². The average molecular weight is 336 g/mol. The maximum atomic E-state index is 11.4. The van der Waals surface area contributed by atoms with E-state index in [0.29, 0.717) is 19.5 Å². The van der Waals surface area contributed by atoms with Gasteiger partial charge in [-0.25, -0.2) is 0 Å². The number of carbonyl (C=O) groups is 1. The highest BCUT2D eigenvalue weighted by atomic mass is 79.9. The molecule has 3 N–H and O–H groups in total. The molecule has 0 saturated carbocycles. The molecule has 1 rings (SSSR count). The quantitative estimate of drug-likeness (QED) is 0.869. The monoisotopic (exact) mass is 334 g/mol. The topological polar surface area (TPSA) is 55.1 Å². The molecule has 0 aliphatic rings. The van der Waals surface area contributed by atoms with Crippen LogP contribution in [0.15, 0.2) is 28.7 Å². The van der Waals surface area contributed by atoms with Crippen LogP contribution < -0.4 is 11.1 Å². The molecular weight excluding hydrogens is 316 g/mol. The van der Waals surface area contributed by atoms with Gasteiger partial charge in [-0.15, -0.1) is 12.4 Å². The van der Waals surface area contributed by atoms with Gasteiger partial charge in [-0.2, -0.15) is 0 Å². The smallest absolute Gasteiger partial charge is 0.221 e. The van der Waals surface area contributed by atoms with Crippen LogP contribution in [0, 0.1) is 0 Å². The van der Waals surface area contributed by atoms with E-state index in [1.165, 1.54) is 5.56 Å². The lowest BCUT2D eigenvalue weighted by Gasteiger charge is -2.25. The Morgan fingerprint density at radius 3 is 2.39 bits per heavy atom. The van der Waals surface area contributed by atoms with Crippen molar-refractivity contribution in [3.8, 4) is 0 Å². The summed E-state index contributed by atoms with van der Waals surface area (Å²) in [5.41, 5.74) is 6.45. The van der Waals surface area contributed by atoms with Crippen LogP contribution in [0.3, 0.4) is 0 Å². The summed E-state index contributed by atoms with van der Waals surface area (Å²) in [4.78, 5) is 11.4. The van der Waals surface area contributed by atoms with Gasteiger partial charge in [-0.05, 0) is 17.7 Å². The SMILES string of the molecule is CC(C)(CNC(=O)CCN)c1ccc(Br)cc1.Cl. The zero-order chi connectivity index (χ0) is 12.9. The third-order valence-electron chi connectivity index (χ3n) is 2.72. The molecule has 1 amide bonds. The van der Waals surface area contributed by atoms with Crippen LogP contribution in [0.1, 0.15) is 25.8 Å². The molecule has 0 aliphatic heterocycles. The molecular formula is C13H20BrClN2O. The molecule has 1 aromatic rings. The lowest BCUT2D eigenvalue weighted by Crippen LogP contribution is -2.37. The summed E-state index contributed by atoms with van der Waals surface area (Å²) in [6.45, 7) is 5.23. The maximum absolute atomic E-state index is 11.4. The zero-order valence-corrected chi connectivity index (χ0v) is 13.1. The van der Waals surface area contributed by atoms with Crippen LogP contribution in [0.5, 0.6) is 0 Å². The molecule has 0 radical (unpaired) electrons. The number of rotatable bonds is 5. The fourth-order valence-corrected chi connectivity index (χ4v) is 1.81. The number of nitrogens with one attached hydrogen (secondary N) is 1. The Balaban J connectivity index is 0.00000289. The van der Waals surface area contributed by atoms with Crippen molar-refractivity contribution in [3.63, 3.8) is 0 Å². The molecule has 102 valence electrons. The molecule has 0 aromatic heterocycles. The van der Waals surface area contributed by atoms with Crippen molar-refractivity contribution in [3.05, 3.63) is 34.3 Å². The Bertz CT molecular complexity index is 379. The van der Waals surface area contributed by atoms with Crippen molar-refractivity contribution in [1.29, 1.82) is 0 Å². The second-order valence-corrected chi connectivity index (χ2v) is 5.62. The minimum Gasteiger partial charge on any atom is -0.355 e. The average Bonchev–Trinajstić information content (AvgIpc) is 2.28. The number of benzene rings is 1. The van der Waals surface area contributed by atoms with Gasteiger partial charge in [0.1, 0.15) is 0 Å². The summed E-state index contributed by atoms with van der Waals surface area (Å²) < 4.78 is 1.06. The second-order valence-electron chi connectivity index (χ2n) is 4.71. The van der Waals surface area contributed by atoms with Crippen LogP contribution in [-0.4, -0.2) is 19.0 Å². The van der Waals surface area contributed by atoms with Crippen molar-refractivity contribution in [2.24, 2.45) is 5.73 Å². The molecule has 0 bridgehead atoms. The minimum absolute atomic E-state index is 0. The van der Waals surface area contributed by atoms with Gasteiger partial charge in [0.05, 0.1) is 0 Å². The van der Waals surface area contributed by atoms with Gasteiger partial charge in [0.2, 0.25) is 5.91 Å². The number of carbonyl (C=O) groups excluding carboxylic acids is 1. The van der Waals surface area contributed by atoms with Crippen LogP contribution in [0.25, 0.3) is 0 Å². The third kappa shape index (κ3) is 5.38. The first-order chi connectivity index (χ1) is 7.95. The third-order valence-corrected chi connectivity index (χ3v) is 3.25. The van der Waals surface area contributed by atoms with Gasteiger partial charge >= 0.3 is 0 Å².